The van der Waals surface area contributed by atoms with Gasteiger partial charge in [0.1, 0.15) is 0 Å². The Morgan fingerprint density at radius 2 is 2.28 bits per heavy atom. The van der Waals surface area contributed by atoms with E-state index in [1.807, 2.05) is 0 Å². The Balaban J connectivity index is 1.72. The molecule has 2 fully saturated rings. The standard InChI is InChI=1S/C16H23NO/c1-16(11-17-18)8-7-14-9-13-4-2-3-12(13)5-6-15(14)10-16/h2-4,13-15H,5-11H2,1H3. The van der Waals surface area contributed by atoms with Gasteiger partial charge >= 0.3 is 0 Å². The first-order valence-corrected chi connectivity index (χ1v) is 7.36. The zero-order chi connectivity index (χ0) is 12.6. The van der Waals surface area contributed by atoms with Crippen LogP contribution in [0.3, 0.4) is 0 Å². The summed E-state index contributed by atoms with van der Waals surface area (Å²) >= 11 is 0. The maximum Gasteiger partial charge on any atom is 0.0864 e. The Morgan fingerprint density at radius 3 is 3.11 bits per heavy atom. The highest BCUT2D eigenvalue weighted by molar-refractivity contribution is 5.28. The van der Waals surface area contributed by atoms with Crippen LogP contribution in [-0.2, 0) is 0 Å². The largest absolute Gasteiger partial charge is 0.151 e. The molecule has 98 valence electrons. The van der Waals surface area contributed by atoms with Crippen molar-refractivity contribution >= 4 is 0 Å². The van der Waals surface area contributed by atoms with Crippen molar-refractivity contribution in [2.45, 2.75) is 45.4 Å². The summed E-state index contributed by atoms with van der Waals surface area (Å²) in [5.74, 6) is 2.43. The maximum absolute atomic E-state index is 10.6. The van der Waals surface area contributed by atoms with E-state index in [2.05, 4.69) is 30.3 Å². The van der Waals surface area contributed by atoms with Gasteiger partial charge < -0.3 is 0 Å². The smallest absolute Gasteiger partial charge is 0.0864 e. The molecule has 3 rings (SSSR count). The Labute approximate surface area is 110 Å². The fraction of sp³-hybridized carbons (Fsp3) is 0.750. The van der Waals surface area contributed by atoms with Crippen molar-refractivity contribution in [1.29, 1.82) is 0 Å². The molecule has 3 aliphatic carbocycles. The third-order valence-electron chi connectivity index (χ3n) is 5.48. The SMILES string of the molecule is CC1(CN=O)CCC2CC3C=CC=C3CCC2C1. The lowest BCUT2D eigenvalue weighted by Crippen LogP contribution is -2.33. The molecule has 0 saturated heterocycles. The number of allylic oxidation sites excluding steroid dienone is 4. The van der Waals surface area contributed by atoms with Gasteiger partial charge in [-0.25, -0.2) is 0 Å². The Morgan fingerprint density at radius 1 is 1.39 bits per heavy atom. The van der Waals surface area contributed by atoms with Gasteiger partial charge in [0.15, 0.2) is 0 Å². The first kappa shape index (κ1) is 12.1. The third kappa shape index (κ3) is 2.17. The number of hydrogen-bond acceptors (Lipinski definition) is 2. The fourth-order valence-electron chi connectivity index (χ4n) is 4.36. The van der Waals surface area contributed by atoms with Gasteiger partial charge in [-0.2, -0.15) is 4.91 Å². The van der Waals surface area contributed by atoms with Crippen LogP contribution in [0.1, 0.15) is 45.4 Å². The van der Waals surface area contributed by atoms with E-state index < -0.39 is 0 Å². The Bertz CT molecular complexity index is 398. The molecule has 2 nitrogen and oxygen atoms in total. The summed E-state index contributed by atoms with van der Waals surface area (Å²) in [6.07, 6.45) is 14.6. The molecule has 0 aromatic heterocycles. The van der Waals surface area contributed by atoms with Crippen LogP contribution in [0, 0.1) is 28.1 Å². The first-order valence-electron chi connectivity index (χ1n) is 7.36. The van der Waals surface area contributed by atoms with Crippen LogP contribution in [0.2, 0.25) is 0 Å². The molecule has 0 aromatic rings. The molecule has 0 amide bonds. The minimum absolute atomic E-state index is 0.187. The monoisotopic (exact) mass is 245 g/mol. The minimum atomic E-state index is 0.187. The molecular weight excluding hydrogens is 222 g/mol. The summed E-state index contributed by atoms with van der Waals surface area (Å²) < 4.78 is 0. The second-order valence-electron chi connectivity index (χ2n) is 6.87. The van der Waals surface area contributed by atoms with Gasteiger partial charge in [0.25, 0.3) is 0 Å². The molecule has 0 aromatic carbocycles. The van der Waals surface area contributed by atoms with Crippen LogP contribution in [0.15, 0.2) is 29.0 Å². The van der Waals surface area contributed by atoms with Crippen molar-refractivity contribution < 1.29 is 0 Å². The highest BCUT2D eigenvalue weighted by Gasteiger charge is 2.40. The van der Waals surface area contributed by atoms with Crippen molar-refractivity contribution in [3.05, 3.63) is 28.7 Å². The quantitative estimate of drug-likeness (QED) is 0.660. The van der Waals surface area contributed by atoms with Crippen LogP contribution >= 0.6 is 0 Å². The lowest BCUT2D eigenvalue weighted by molar-refractivity contribution is 0.100. The van der Waals surface area contributed by atoms with Gasteiger partial charge in [0.05, 0.1) is 6.54 Å². The summed E-state index contributed by atoms with van der Waals surface area (Å²) in [5.41, 5.74) is 1.84. The number of fused-ring (bicyclic) bond motifs is 2. The van der Waals surface area contributed by atoms with Crippen LogP contribution in [-0.4, -0.2) is 6.54 Å². The van der Waals surface area contributed by atoms with E-state index in [0.29, 0.717) is 6.54 Å². The fourth-order valence-corrected chi connectivity index (χ4v) is 4.36. The Hall–Kier alpha value is -0.920. The third-order valence-corrected chi connectivity index (χ3v) is 5.48. The molecule has 3 aliphatic rings. The number of hydrogen-bond donors (Lipinski definition) is 0. The summed E-state index contributed by atoms with van der Waals surface area (Å²) in [4.78, 5) is 10.6. The van der Waals surface area contributed by atoms with E-state index in [0.717, 1.165) is 17.8 Å². The van der Waals surface area contributed by atoms with Crippen molar-refractivity contribution in [3.63, 3.8) is 0 Å². The molecule has 0 bridgehead atoms. The molecule has 0 heterocycles. The van der Waals surface area contributed by atoms with E-state index in [-0.39, 0.29) is 5.41 Å². The Kier molecular flexibility index (Phi) is 3.13. The molecule has 0 spiro atoms. The molecule has 0 N–H and O–H groups in total. The molecule has 4 unspecified atom stereocenters. The minimum Gasteiger partial charge on any atom is -0.151 e. The second kappa shape index (κ2) is 4.64. The van der Waals surface area contributed by atoms with E-state index in [4.69, 9.17) is 0 Å². The number of nitrogens with zero attached hydrogens (tertiary/aromatic N) is 1. The molecule has 0 radical (unpaired) electrons. The molecular formula is C16H23NO. The van der Waals surface area contributed by atoms with Crippen LogP contribution in [0.5, 0.6) is 0 Å². The second-order valence-corrected chi connectivity index (χ2v) is 6.87. The van der Waals surface area contributed by atoms with Crippen molar-refractivity contribution in [2.75, 3.05) is 6.54 Å². The van der Waals surface area contributed by atoms with Gasteiger partial charge in [0, 0.05) is 0 Å². The average molecular weight is 245 g/mol. The lowest BCUT2D eigenvalue weighted by Gasteiger charge is -2.41. The predicted molar refractivity (Wildman–Crippen MR) is 74.2 cm³/mol. The predicted octanol–water partition coefficient (Wildman–Crippen LogP) is 4.47. The van der Waals surface area contributed by atoms with Crippen LogP contribution in [0.4, 0.5) is 0 Å². The molecule has 2 saturated carbocycles. The first-order chi connectivity index (χ1) is 8.70. The molecule has 18 heavy (non-hydrogen) atoms. The molecule has 0 aliphatic heterocycles. The summed E-state index contributed by atoms with van der Waals surface area (Å²) in [5, 5.41) is 3.18. The van der Waals surface area contributed by atoms with Gasteiger partial charge in [-0.1, -0.05) is 35.9 Å². The molecule has 2 heteroatoms. The maximum atomic E-state index is 10.6. The highest BCUT2D eigenvalue weighted by Crippen LogP contribution is 2.50. The zero-order valence-electron chi connectivity index (χ0n) is 11.3. The highest BCUT2D eigenvalue weighted by atomic mass is 16.3. The lowest BCUT2D eigenvalue weighted by atomic mass is 9.64. The topological polar surface area (TPSA) is 29.4 Å². The molecule has 4 atom stereocenters. The summed E-state index contributed by atoms with van der Waals surface area (Å²) in [6.45, 7) is 2.78. The van der Waals surface area contributed by atoms with Crippen molar-refractivity contribution in [1.82, 2.24) is 0 Å². The van der Waals surface area contributed by atoms with Gasteiger partial charge in [-0.15, -0.1) is 0 Å². The normalized spacial score (nSPS) is 42.7. The van der Waals surface area contributed by atoms with Crippen molar-refractivity contribution in [2.24, 2.45) is 28.3 Å². The van der Waals surface area contributed by atoms with Crippen LogP contribution in [0.25, 0.3) is 0 Å². The van der Waals surface area contributed by atoms with Crippen LogP contribution < -0.4 is 0 Å². The van der Waals surface area contributed by atoms with Gasteiger partial charge in [0.2, 0.25) is 0 Å². The van der Waals surface area contributed by atoms with E-state index >= 15 is 0 Å². The summed E-state index contributed by atoms with van der Waals surface area (Å²) in [7, 11) is 0. The zero-order valence-corrected chi connectivity index (χ0v) is 11.3. The van der Waals surface area contributed by atoms with E-state index in [1.165, 1.54) is 38.5 Å². The number of rotatable bonds is 2. The van der Waals surface area contributed by atoms with Gasteiger partial charge in [-0.05, 0) is 61.7 Å². The van der Waals surface area contributed by atoms with E-state index in [1.54, 1.807) is 5.57 Å². The average Bonchev–Trinajstić information content (AvgIpc) is 2.71. The van der Waals surface area contributed by atoms with Crippen molar-refractivity contribution in [3.8, 4) is 0 Å². The number of nitroso groups, excluding NO2 is 1. The van der Waals surface area contributed by atoms with Gasteiger partial charge in [-0.3, -0.25) is 0 Å². The summed E-state index contributed by atoms with van der Waals surface area (Å²) in [6, 6.07) is 0. The van der Waals surface area contributed by atoms with E-state index in [9.17, 15) is 4.91 Å².